The largest absolute Gasteiger partial charge is 0.418 e. The summed E-state index contributed by atoms with van der Waals surface area (Å²) in [7, 11) is 0. The molecule has 2 aromatic carbocycles. The van der Waals surface area contributed by atoms with Gasteiger partial charge in [-0.3, -0.25) is 4.79 Å². The lowest BCUT2D eigenvalue weighted by molar-refractivity contribution is -0.137. The van der Waals surface area contributed by atoms with Gasteiger partial charge in [0.1, 0.15) is 0 Å². The van der Waals surface area contributed by atoms with Gasteiger partial charge in [0.05, 0.1) is 17.0 Å². The molecule has 0 heterocycles. The number of hydrogen-bond donors (Lipinski definition) is 1. The summed E-state index contributed by atoms with van der Waals surface area (Å²) < 4.78 is 38.9. The van der Waals surface area contributed by atoms with Crippen LogP contribution in [0, 0.1) is 6.92 Å². The lowest BCUT2D eigenvalue weighted by Crippen LogP contribution is -2.18. The highest BCUT2D eigenvalue weighted by molar-refractivity contribution is 8.00. The minimum absolute atomic E-state index is 0.0168. The molecule has 0 saturated heterocycles. The maximum absolute atomic E-state index is 13.0. The number of amides is 1. The maximum Gasteiger partial charge on any atom is 0.418 e. The van der Waals surface area contributed by atoms with Gasteiger partial charge < -0.3 is 5.32 Å². The zero-order chi connectivity index (χ0) is 17.0. The second-order valence-electron chi connectivity index (χ2n) is 4.84. The Kier molecular flexibility index (Phi) is 5.59. The molecule has 2 aromatic rings. The average Bonchev–Trinajstić information content (AvgIpc) is 2.47. The fourth-order valence-corrected chi connectivity index (χ4v) is 2.70. The highest BCUT2D eigenvalue weighted by atomic mass is 35.5. The molecule has 0 atom stereocenters. The lowest BCUT2D eigenvalue weighted by atomic mass is 10.1. The molecule has 0 fully saturated rings. The summed E-state index contributed by atoms with van der Waals surface area (Å²) in [5.74, 6) is -0.494. The Morgan fingerprint density at radius 2 is 1.83 bits per heavy atom. The van der Waals surface area contributed by atoms with E-state index in [1.165, 1.54) is 17.8 Å². The van der Waals surface area contributed by atoms with E-state index < -0.39 is 17.6 Å². The van der Waals surface area contributed by atoms with Crippen LogP contribution in [0.25, 0.3) is 0 Å². The molecule has 0 radical (unpaired) electrons. The first-order valence-electron chi connectivity index (χ1n) is 6.62. The first-order chi connectivity index (χ1) is 10.8. The van der Waals surface area contributed by atoms with Crippen molar-refractivity contribution in [3.8, 4) is 0 Å². The van der Waals surface area contributed by atoms with Gasteiger partial charge in [-0.1, -0.05) is 29.3 Å². The van der Waals surface area contributed by atoms with Crippen molar-refractivity contribution in [3.05, 3.63) is 58.6 Å². The quantitative estimate of drug-likeness (QED) is 0.741. The third kappa shape index (κ3) is 5.18. The Morgan fingerprint density at radius 1 is 1.17 bits per heavy atom. The highest BCUT2D eigenvalue weighted by Crippen LogP contribution is 2.36. The number of rotatable bonds is 4. The van der Waals surface area contributed by atoms with Crippen LogP contribution in [0.15, 0.2) is 47.4 Å². The molecule has 0 bridgehead atoms. The summed E-state index contributed by atoms with van der Waals surface area (Å²) in [5, 5.41) is 2.25. The van der Waals surface area contributed by atoms with E-state index in [9.17, 15) is 18.0 Å². The van der Waals surface area contributed by atoms with Crippen molar-refractivity contribution in [1.82, 2.24) is 0 Å². The number of alkyl halides is 3. The van der Waals surface area contributed by atoms with Gasteiger partial charge in [-0.2, -0.15) is 13.2 Å². The van der Waals surface area contributed by atoms with E-state index in [1.807, 2.05) is 31.2 Å². The average molecular weight is 360 g/mol. The Bertz CT molecular complexity index is 701. The SMILES string of the molecule is Cc1ccc(SCC(=O)Nc2ccc(Cl)cc2C(F)(F)F)cc1. The van der Waals surface area contributed by atoms with Crippen molar-refractivity contribution in [2.24, 2.45) is 0 Å². The molecule has 0 aromatic heterocycles. The van der Waals surface area contributed by atoms with E-state index >= 15 is 0 Å². The third-order valence-corrected chi connectivity index (χ3v) is 4.20. The molecule has 1 amide bonds. The second kappa shape index (κ2) is 7.27. The van der Waals surface area contributed by atoms with Gasteiger partial charge in [-0.05, 0) is 37.3 Å². The van der Waals surface area contributed by atoms with Crippen LogP contribution in [0.5, 0.6) is 0 Å². The highest BCUT2D eigenvalue weighted by Gasteiger charge is 2.34. The van der Waals surface area contributed by atoms with Crippen molar-refractivity contribution in [2.45, 2.75) is 18.0 Å². The van der Waals surface area contributed by atoms with Crippen LogP contribution < -0.4 is 5.32 Å². The standard InChI is InChI=1S/C16H13ClF3NOS/c1-10-2-5-12(6-3-10)23-9-15(22)21-14-7-4-11(17)8-13(14)16(18,19)20/h2-8H,9H2,1H3,(H,21,22). The van der Waals surface area contributed by atoms with Crippen molar-refractivity contribution >= 4 is 35.0 Å². The predicted molar refractivity (Wildman–Crippen MR) is 87.0 cm³/mol. The molecule has 23 heavy (non-hydrogen) atoms. The van der Waals surface area contributed by atoms with E-state index in [2.05, 4.69) is 5.32 Å². The minimum atomic E-state index is -4.59. The van der Waals surface area contributed by atoms with Gasteiger partial charge in [0.2, 0.25) is 5.91 Å². The van der Waals surface area contributed by atoms with Crippen molar-refractivity contribution in [2.75, 3.05) is 11.1 Å². The molecule has 7 heteroatoms. The zero-order valence-electron chi connectivity index (χ0n) is 12.1. The number of aryl methyl sites for hydroxylation is 1. The van der Waals surface area contributed by atoms with Crippen LogP contribution in [0.3, 0.4) is 0 Å². The Hall–Kier alpha value is -1.66. The van der Waals surface area contributed by atoms with Gasteiger partial charge >= 0.3 is 6.18 Å². The first kappa shape index (κ1) is 17.7. The van der Waals surface area contributed by atoms with Crippen LogP contribution >= 0.6 is 23.4 Å². The van der Waals surface area contributed by atoms with Gasteiger partial charge in [-0.15, -0.1) is 11.8 Å². The molecule has 2 nitrogen and oxygen atoms in total. The summed E-state index contributed by atoms with van der Waals surface area (Å²) in [4.78, 5) is 12.8. The number of thioether (sulfide) groups is 1. The molecule has 1 N–H and O–H groups in total. The van der Waals surface area contributed by atoms with Gasteiger partial charge in [-0.25, -0.2) is 0 Å². The van der Waals surface area contributed by atoms with Crippen LogP contribution in [0.2, 0.25) is 5.02 Å². The van der Waals surface area contributed by atoms with Gasteiger partial charge in [0.15, 0.2) is 0 Å². The Labute approximate surface area is 141 Å². The first-order valence-corrected chi connectivity index (χ1v) is 7.98. The molecule has 0 saturated carbocycles. The topological polar surface area (TPSA) is 29.1 Å². The number of nitrogens with one attached hydrogen (secondary N) is 1. The van der Waals surface area contributed by atoms with E-state index in [0.717, 1.165) is 22.6 Å². The summed E-state index contributed by atoms with van der Waals surface area (Å²) in [6.45, 7) is 1.94. The van der Waals surface area contributed by atoms with Crippen LogP contribution in [0.1, 0.15) is 11.1 Å². The van der Waals surface area contributed by atoms with Crippen molar-refractivity contribution in [1.29, 1.82) is 0 Å². The van der Waals surface area contributed by atoms with E-state index in [-0.39, 0.29) is 16.5 Å². The van der Waals surface area contributed by atoms with E-state index in [4.69, 9.17) is 11.6 Å². The summed E-state index contributed by atoms with van der Waals surface area (Å²) in [6, 6.07) is 10.8. The number of halogens is 4. The fraction of sp³-hybridized carbons (Fsp3) is 0.188. The molecule has 122 valence electrons. The number of benzene rings is 2. The molecular weight excluding hydrogens is 347 g/mol. The van der Waals surface area contributed by atoms with Crippen LogP contribution in [-0.4, -0.2) is 11.7 Å². The van der Waals surface area contributed by atoms with Crippen LogP contribution in [-0.2, 0) is 11.0 Å². The Morgan fingerprint density at radius 3 is 2.43 bits per heavy atom. The second-order valence-corrected chi connectivity index (χ2v) is 6.32. The van der Waals surface area contributed by atoms with Gasteiger partial charge in [0, 0.05) is 9.92 Å². The summed E-state index contributed by atoms with van der Waals surface area (Å²) in [5.41, 5.74) is -0.162. The number of hydrogen-bond acceptors (Lipinski definition) is 2. The van der Waals surface area contributed by atoms with Crippen molar-refractivity contribution in [3.63, 3.8) is 0 Å². The molecule has 0 spiro atoms. The van der Waals surface area contributed by atoms with Crippen molar-refractivity contribution < 1.29 is 18.0 Å². The summed E-state index contributed by atoms with van der Waals surface area (Å²) >= 11 is 6.85. The predicted octanol–water partition coefficient (Wildman–Crippen LogP) is 5.40. The smallest absolute Gasteiger partial charge is 0.325 e. The van der Waals surface area contributed by atoms with Crippen LogP contribution in [0.4, 0.5) is 18.9 Å². The molecule has 0 aliphatic heterocycles. The van der Waals surface area contributed by atoms with E-state index in [0.29, 0.717) is 0 Å². The fourth-order valence-electron chi connectivity index (χ4n) is 1.83. The Balaban J connectivity index is 2.04. The zero-order valence-corrected chi connectivity index (χ0v) is 13.6. The number of carbonyl (C=O) groups excluding carboxylic acids is 1. The lowest BCUT2D eigenvalue weighted by Gasteiger charge is -2.14. The minimum Gasteiger partial charge on any atom is -0.325 e. The molecule has 0 unspecified atom stereocenters. The van der Waals surface area contributed by atoms with Gasteiger partial charge in [0.25, 0.3) is 0 Å². The normalized spacial score (nSPS) is 11.3. The molecule has 0 aliphatic carbocycles. The molecular formula is C16H13ClF3NOS. The van der Waals surface area contributed by atoms with E-state index in [1.54, 1.807) is 0 Å². The monoisotopic (exact) mass is 359 g/mol. The number of carbonyl (C=O) groups is 1. The third-order valence-electron chi connectivity index (χ3n) is 2.95. The molecule has 2 rings (SSSR count). The maximum atomic E-state index is 13.0. The molecule has 0 aliphatic rings. The summed E-state index contributed by atoms with van der Waals surface area (Å²) in [6.07, 6.45) is -4.59. The number of anilines is 1.